The van der Waals surface area contributed by atoms with Gasteiger partial charge < -0.3 is 14.6 Å². The highest BCUT2D eigenvalue weighted by molar-refractivity contribution is 5.38. The molecule has 0 bridgehead atoms. The molecule has 0 radical (unpaired) electrons. The van der Waals surface area contributed by atoms with Crippen molar-refractivity contribution in [1.29, 1.82) is 0 Å². The lowest BCUT2D eigenvalue weighted by Crippen LogP contribution is -2.35. The molecule has 3 saturated carbocycles. The Hall–Kier alpha value is -1.91. The molecule has 4 rings (SSSR count). The van der Waals surface area contributed by atoms with Crippen molar-refractivity contribution in [3.8, 4) is 0 Å². The van der Waals surface area contributed by atoms with Gasteiger partial charge in [0.05, 0.1) is 24.3 Å². The minimum absolute atomic E-state index is 0.0916. The Morgan fingerprint density at radius 2 is 1.70 bits per heavy atom. The van der Waals surface area contributed by atoms with Gasteiger partial charge in [0.2, 0.25) is 0 Å². The minimum atomic E-state index is -0.581. The van der Waals surface area contributed by atoms with Crippen LogP contribution in [0.3, 0.4) is 0 Å². The molecule has 1 aromatic rings. The molecule has 262 valence electrons. The fraction of sp³-hybridized carbons (Fsp3) is 0.738. The number of fused-ring (bicyclic) bond motifs is 1. The summed E-state index contributed by atoms with van der Waals surface area (Å²) in [5.74, 6) is 3.17. The van der Waals surface area contributed by atoms with Crippen LogP contribution in [0, 0.1) is 23.2 Å². The van der Waals surface area contributed by atoms with Gasteiger partial charge >= 0.3 is 0 Å². The van der Waals surface area contributed by atoms with Crippen molar-refractivity contribution in [2.45, 2.75) is 176 Å². The molecule has 1 heterocycles. The SMILES string of the molecule is C=C1/C(=C\C=C2/CCCC3(C)C2CC[C@@H]3[C@H](C)/C=C/C(O)C(CCC)c2ncc(CCCC)o2)CCCC1O.CC.CCCCC. The van der Waals surface area contributed by atoms with Crippen LogP contribution in [0.25, 0.3) is 0 Å². The van der Waals surface area contributed by atoms with Crippen molar-refractivity contribution in [3.05, 3.63) is 65.5 Å². The van der Waals surface area contributed by atoms with Gasteiger partial charge in [-0.15, -0.1) is 0 Å². The summed E-state index contributed by atoms with van der Waals surface area (Å²) in [6, 6.07) is 0. The Morgan fingerprint density at radius 3 is 2.35 bits per heavy atom. The predicted octanol–water partition coefficient (Wildman–Crippen LogP) is 11.8. The van der Waals surface area contributed by atoms with Crippen LogP contribution in [0.1, 0.15) is 169 Å². The number of allylic oxidation sites excluding steroid dienone is 4. The molecule has 3 aliphatic carbocycles. The van der Waals surface area contributed by atoms with E-state index in [4.69, 9.17) is 4.42 Å². The average Bonchev–Trinajstić information content (AvgIpc) is 3.68. The minimum Gasteiger partial charge on any atom is -0.445 e. The first-order chi connectivity index (χ1) is 22.2. The molecule has 4 heteroatoms. The first kappa shape index (κ1) is 40.3. The van der Waals surface area contributed by atoms with Crippen molar-refractivity contribution in [1.82, 2.24) is 4.98 Å². The number of nitrogens with zero attached hydrogens (tertiary/aromatic N) is 1. The van der Waals surface area contributed by atoms with E-state index in [1.807, 2.05) is 26.1 Å². The van der Waals surface area contributed by atoms with Crippen molar-refractivity contribution < 1.29 is 14.6 Å². The summed E-state index contributed by atoms with van der Waals surface area (Å²) >= 11 is 0. The number of hydrogen-bond acceptors (Lipinski definition) is 4. The Labute approximate surface area is 284 Å². The maximum atomic E-state index is 11.2. The molecule has 2 N–H and O–H groups in total. The van der Waals surface area contributed by atoms with Crippen molar-refractivity contribution in [2.24, 2.45) is 23.2 Å². The third kappa shape index (κ3) is 11.1. The molecular weight excluding hydrogens is 566 g/mol. The van der Waals surface area contributed by atoms with E-state index in [0.717, 1.165) is 62.7 Å². The molecule has 0 saturated heterocycles. The molecule has 0 aliphatic heterocycles. The van der Waals surface area contributed by atoms with Crippen LogP contribution in [-0.2, 0) is 6.42 Å². The molecule has 3 aliphatic rings. The third-order valence-electron chi connectivity index (χ3n) is 10.9. The number of oxazole rings is 1. The number of aliphatic hydroxyl groups is 2. The van der Waals surface area contributed by atoms with E-state index in [1.54, 1.807) is 5.57 Å². The molecular formula is C42H71NO3. The number of aliphatic hydroxyl groups excluding tert-OH is 2. The van der Waals surface area contributed by atoms with E-state index in [1.165, 1.54) is 56.9 Å². The Kier molecular flexibility index (Phi) is 18.5. The molecule has 5 unspecified atom stereocenters. The van der Waals surface area contributed by atoms with Crippen molar-refractivity contribution in [2.75, 3.05) is 0 Å². The molecule has 1 aromatic heterocycles. The highest BCUT2D eigenvalue weighted by atomic mass is 16.4. The molecule has 0 amide bonds. The average molecular weight is 638 g/mol. The standard InChI is InChI=1S/C35H53NO3.C5H12.C2H6/c1-6-8-14-28-23-36-34(39-28)29(11-7-2)33(38)21-16-24(3)30-19-20-31-27(13-10-22-35(30,31)5)18-17-26-12-9-15-32(37)25(26)4;1-3-5-4-2;1-2/h16-18,21,23-24,29-33,37-38H,4,6-15,19-20,22H2,1-3,5H3;3-5H2,1-2H3;1-2H3/b21-16+,26-17-,27-18+;;/t24-,29?,30-,31?,32?,33?,35?;;/m1../s1. The maximum absolute atomic E-state index is 11.2. The van der Waals surface area contributed by atoms with E-state index in [0.29, 0.717) is 29.1 Å². The monoisotopic (exact) mass is 638 g/mol. The zero-order valence-electron chi connectivity index (χ0n) is 31.1. The lowest BCUT2D eigenvalue weighted by atomic mass is 9.61. The molecule has 4 nitrogen and oxygen atoms in total. The van der Waals surface area contributed by atoms with Crippen LogP contribution in [0.15, 0.2) is 58.2 Å². The van der Waals surface area contributed by atoms with Gasteiger partial charge in [-0.25, -0.2) is 4.98 Å². The fourth-order valence-corrected chi connectivity index (χ4v) is 8.20. The van der Waals surface area contributed by atoms with Gasteiger partial charge in [0.1, 0.15) is 5.76 Å². The Balaban J connectivity index is 0.000000959. The van der Waals surface area contributed by atoms with Crippen molar-refractivity contribution >= 4 is 0 Å². The lowest BCUT2D eigenvalue weighted by molar-refractivity contribution is 0.111. The van der Waals surface area contributed by atoms with Crippen molar-refractivity contribution in [3.63, 3.8) is 0 Å². The van der Waals surface area contributed by atoms with Gasteiger partial charge in [-0.2, -0.15) is 0 Å². The van der Waals surface area contributed by atoms with E-state index >= 15 is 0 Å². The zero-order valence-corrected chi connectivity index (χ0v) is 31.1. The molecule has 3 fully saturated rings. The van der Waals surface area contributed by atoms with Crippen LogP contribution < -0.4 is 0 Å². The number of aromatic nitrogens is 1. The maximum Gasteiger partial charge on any atom is 0.200 e. The van der Waals surface area contributed by atoms with Gasteiger partial charge in [-0.05, 0) is 98.5 Å². The quantitative estimate of drug-likeness (QED) is 0.211. The van der Waals surface area contributed by atoms with Crippen LogP contribution >= 0.6 is 0 Å². The second kappa shape index (κ2) is 21.1. The van der Waals surface area contributed by atoms with E-state index in [2.05, 4.69) is 71.3 Å². The number of aryl methyl sites for hydroxylation is 1. The highest BCUT2D eigenvalue weighted by Crippen LogP contribution is 2.59. The Morgan fingerprint density at radius 1 is 0.978 bits per heavy atom. The fourth-order valence-electron chi connectivity index (χ4n) is 8.20. The first-order valence-corrected chi connectivity index (χ1v) is 19.3. The summed E-state index contributed by atoms with van der Waals surface area (Å²) in [6.45, 7) is 21.8. The van der Waals surface area contributed by atoms with Gasteiger partial charge in [0, 0.05) is 6.42 Å². The second-order valence-corrected chi connectivity index (χ2v) is 14.2. The Bertz CT molecular complexity index is 1090. The van der Waals surface area contributed by atoms with Gasteiger partial charge in [0.15, 0.2) is 5.89 Å². The summed E-state index contributed by atoms with van der Waals surface area (Å²) < 4.78 is 6.07. The second-order valence-electron chi connectivity index (χ2n) is 14.2. The summed E-state index contributed by atoms with van der Waals surface area (Å²) in [6.07, 6.45) is 28.0. The van der Waals surface area contributed by atoms with Crippen LogP contribution in [0.4, 0.5) is 0 Å². The summed E-state index contributed by atoms with van der Waals surface area (Å²) in [7, 11) is 0. The molecule has 0 aromatic carbocycles. The van der Waals surface area contributed by atoms with E-state index in [9.17, 15) is 10.2 Å². The van der Waals surface area contributed by atoms with Crippen LogP contribution in [-0.4, -0.2) is 27.4 Å². The van der Waals surface area contributed by atoms with E-state index in [-0.39, 0.29) is 12.0 Å². The summed E-state index contributed by atoms with van der Waals surface area (Å²) in [5, 5.41) is 21.4. The van der Waals surface area contributed by atoms with Crippen LogP contribution in [0.2, 0.25) is 0 Å². The normalized spacial score (nSPS) is 28.3. The molecule has 46 heavy (non-hydrogen) atoms. The third-order valence-corrected chi connectivity index (χ3v) is 10.9. The lowest BCUT2D eigenvalue weighted by Gasteiger charge is -2.44. The summed E-state index contributed by atoms with van der Waals surface area (Å²) in [4.78, 5) is 4.56. The zero-order chi connectivity index (χ0) is 34.1. The smallest absolute Gasteiger partial charge is 0.200 e. The topological polar surface area (TPSA) is 66.5 Å². The van der Waals surface area contributed by atoms with Gasteiger partial charge in [-0.3, -0.25) is 0 Å². The van der Waals surface area contributed by atoms with Crippen LogP contribution in [0.5, 0.6) is 0 Å². The summed E-state index contributed by atoms with van der Waals surface area (Å²) in [5.41, 5.74) is 4.04. The van der Waals surface area contributed by atoms with Gasteiger partial charge in [0.25, 0.3) is 0 Å². The molecule has 7 atom stereocenters. The highest BCUT2D eigenvalue weighted by Gasteiger charge is 2.50. The molecule has 0 spiro atoms. The number of rotatable bonds is 13. The largest absolute Gasteiger partial charge is 0.445 e. The van der Waals surface area contributed by atoms with E-state index < -0.39 is 6.10 Å². The van der Waals surface area contributed by atoms with Gasteiger partial charge in [-0.1, -0.05) is 124 Å². The first-order valence-electron chi connectivity index (χ1n) is 19.3. The number of unbranched alkanes of at least 4 members (excludes halogenated alkanes) is 3. The predicted molar refractivity (Wildman–Crippen MR) is 197 cm³/mol. The number of hydrogen-bond donors (Lipinski definition) is 2.